The summed E-state index contributed by atoms with van der Waals surface area (Å²) in [6.07, 6.45) is 2.46. The number of sulfone groups is 1. The van der Waals surface area contributed by atoms with Crippen molar-refractivity contribution in [3.8, 4) is 11.5 Å². The Kier molecular flexibility index (Phi) is 7.60. The number of hydroxylamine groups is 1. The molecule has 0 aliphatic heterocycles. The second-order valence-electron chi connectivity index (χ2n) is 8.21. The summed E-state index contributed by atoms with van der Waals surface area (Å²) in [5.74, 6) is -0.311. The summed E-state index contributed by atoms with van der Waals surface area (Å²) >= 11 is 0. The molecule has 0 radical (unpaired) electrons. The van der Waals surface area contributed by atoms with E-state index in [0.717, 1.165) is 11.8 Å². The van der Waals surface area contributed by atoms with Crippen molar-refractivity contribution < 1.29 is 31.6 Å². The summed E-state index contributed by atoms with van der Waals surface area (Å²) in [4.78, 5) is 15.8. The second kappa shape index (κ2) is 10.1. The highest BCUT2D eigenvalue weighted by Gasteiger charge is 2.48. The summed E-state index contributed by atoms with van der Waals surface area (Å²) in [6, 6.07) is 13.4. The smallest absolute Gasteiger partial charge is 0.263 e. The highest BCUT2D eigenvalue weighted by atomic mass is 32.2. The standard InChI is InChI=1S/C23H25N3O7S2/c1-16-6-8-17(9-7-16)33-18-10-12-19(13-11-18)35(31,32)26-21(22(27)25-28)23(2,3)34(29,30)20-5-4-14-24-15-20/h4-15,21,26,28H,1-3H3,(H,25,27)/t21-/m1/s1. The molecule has 2 aromatic carbocycles. The third-order valence-corrected chi connectivity index (χ3v) is 9.29. The molecule has 186 valence electrons. The number of sulfonamides is 1. The van der Waals surface area contributed by atoms with Crippen molar-refractivity contribution in [2.75, 3.05) is 0 Å². The number of aryl methyl sites for hydroxylation is 1. The molecule has 35 heavy (non-hydrogen) atoms. The number of carbonyl (C=O) groups is 1. The molecule has 12 heteroatoms. The highest BCUT2D eigenvalue weighted by Crippen LogP contribution is 2.30. The molecule has 0 aliphatic rings. The van der Waals surface area contributed by atoms with Gasteiger partial charge >= 0.3 is 0 Å². The van der Waals surface area contributed by atoms with Crippen LogP contribution in [0.2, 0.25) is 0 Å². The second-order valence-corrected chi connectivity index (χ2v) is 12.5. The number of hydrogen-bond donors (Lipinski definition) is 3. The van der Waals surface area contributed by atoms with Gasteiger partial charge in [-0.2, -0.15) is 4.72 Å². The van der Waals surface area contributed by atoms with Crippen molar-refractivity contribution in [1.29, 1.82) is 0 Å². The highest BCUT2D eigenvalue weighted by molar-refractivity contribution is 7.93. The monoisotopic (exact) mass is 519 g/mol. The Bertz CT molecular complexity index is 1390. The van der Waals surface area contributed by atoms with Gasteiger partial charge in [-0.25, -0.2) is 22.3 Å². The lowest BCUT2D eigenvalue weighted by Crippen LogP contribution is -2.60. The Morgan fingerprint density at radius 3 is 2.03 bits per heavy atom. The minimum Gasteiger partial charge on any atom is -0.457 e. The van der Waals surface area contributed by atoms with Crippen molar-refractivity contribution in [3.63, 3.8) is 0 Å². The molecule has 1 amide bonds. The van der Waals surface area contributed by atoms with Gasteiger partial charge in [0, 0.05) is 12.4 Å². The molecule has 0 saturated heterocycles. The van der Waals surface area contributed by atoms with E-state index in [-0.39, 0.29) is 9.79 Å². The Balaban J connectivity index is 1.89. The lowest BCUT2D eigenvalue weighted by molar-refractivity contribution is -0.131. The average molecular weight is 520 g/mol. The zero-order valence-electron chi connectivity index (χ0n) is 19.2. The number of nitrogens with zero attached hydrogens (tertiary/aromatic N) is 1. The molecular weight excluding hydrogens is 494 g/mol. The molecule has 0 spiro atoms. The number of rotatable bonds is 9. The first-order chi connectivity index (χ1) is 16.4. The molecule has 10 nitrogen and oxygen atoms in total. The van der Waals surface area contributed by atoms with Gasteiger partial charge in [-0.3, -0.25) is 15.0 Å². The van der Waals surface area contributed by atoms with E-state index in [1.165, 1.54) is 61.9 Å². The van der Waals surface area contributed by atoms with Crippen LogP contribution >= 0.6 is 0 Å². The Hall–Kier alpha value is -3.32. The third-order valence-electron chi connectivity index (χ3n) is 5.37. The van der Waals surface area contributed by atoms with E-state index < -0.39 is 36.6 Å². The molecule has 0 unspecified atom stereocenters. The Morgan fingerprint density at radius 1 is 0.943 bits per heavy atom. The fourth-order valence-electron chi connectivity index (χ4n) is 3.19. The van der Waals surface area contributed by atoms with Gasteiger partial charge in [0.15, 0.2) is 9.84 Å². The van der Waals surface area contributed by atoms with Gasteiger partial charge in [0.2, 0.25) is 10.0 Å². The predicted octanol–water partition coefficient (Wildman–Crippen LogP) is 2.59. The molecule has 1 heterocycles. The van der Waals surface area contributed by atoms with Crippen LogP contribution in [0.5, 0.6) is 11.5 Å². The molecular formula is C23H25N3O7S2. The maximum Gasteiger partial charge on any atom is 0.263 e. The topological polar surface area (TPSA) is 152 Å². The maximum atomic E-state index is 13.2. The van der Waals surface area contributed by atoms with Gasteiger partial charge in [-0.1, -0.05) is 17.7 Å². The SMILES string of the molecule is Cc1ccc(Oc2ccc(S(=O)(=O)N[C@H](C(=O)NO)C(C)(C)S(=O)(=O)c3cccnc3)cc2)cc1. The lowest BCUT2D eigenvalue weighted by Gasteiger charge is -2.32. The zero-order chi connectivity index (χ0) is 25.9. The van der Waals surface area contributed by atoms with E-state index >= 15 is 0 Å². The van der Waals surface area contributed by atoms with Gasteiger partial charge in [0.25, 0.3) is 5.91 Å². The van der Waals surface area contributed by atoms with Crippen LogP contribution in [0.1, 0.15) is 19.4 Å². The van der Waals surface area contributed by atoms with Crippen molar-refractivity contribution in [2.24, 2.45) is 0 Å². The minimum absolute atomic E-state index is 0.211. The molecule has 0 fully saturated rings. The summed E-state index contributed by atoms with van der Waals surface area (Å²) < 4.78 is 58.4. The summed E-state index contributed by atoms with van der Waals surface area (Å²) in [5, 5.41) is 9.21. The fourth-order valence-corrected chi connectivity index (χ4v) is 6.15. The van der Waals surface area contributed by atoms with E-state index in [9.17, 15) is 26.8 Å². The summed E-state index contributed by atoms with van der Waals surface area (Å²) in [7, 11) is -8.67. The molecule has 3 aromatic rings. The van der Waals surface area contributed by atoms with Crippen molar-refractivity contribution in [1.82, 2.24) is 15.2 Å². The van der Waals surface area contributed by atoms with Gasteiger partial charge in [-0.15, -0.1) is 0 Å². The number of pyridine rings is 1. The first-order valence-corrected chi connectivity index (χ1v) is 13.3. The first kappa shape index (κ1) is 26.3. The van der Waals surface area contributed by atoms with E-state index in [0.29, 0.717) is 11.5 Å². The number of aromatic nitrogens is 1. The minimum atomic E-state index is -4.39. The van der Waals surface area contributed by atoms with Crippen molar-refractivity contribution in [2.45, 2.75) is 41.4 Å². The average Bonchev–Trinajstić information content (AvgIpc) is 2.84. The van der Waals surface area contributed by atoms with E-state index in [2.05, 4.69) is 9.71 Å². The summed E-state index contributed by atoms with van der Waals surface area (Å²) in [5.41, 5.74) is 2.40. The van der Waals surface area contributed by atoms with Crippen molar-refractivity contribution >= 4 is 25.8 Å². The molecule has 0 saturated carbocycles. The van der Waals surface area contributed by atoms with Crippen LogP contribution in [0.15, 0.2) is 82.8 Å². The number of hydrogen-bond acceptors (Lipinski definition) is 8. The van der Waals surface area contributed by atoms with E-state index in [1.54, 1.807) is 12.1 Å². The van der Waals surface area contributed by atoms with Crippen LogP contribution in [0, 0.1) is 6.92 Å². The Labute approximate surface area is 203 Å². The lowest BCUT2D eigenvalue weighted by atomic mass is 10.0. The van der Waals surface area contributed by atoms with Crippen LogP contribution in [-0.4, -0.2) is 43.7 Å². The van der Waals surface area contributed by atoms with Crippen LogP contribution in [0.25, 0.3) is 0 Å². The largest absolute Gasteiger partial charge is 0.457 e. The van der Waals surface area contributed by atoms with Crippen LogP contribution in [0.3, 0.4) is 0 Å². The molecule has 0 aliphatic carbocycles. The number of amides is 1. The van der Waals surface area contributed by atoms with E-state index in [1.807, 2.05) is 19.1 Å². The fraction of sp³-hybridized carbons (Fsp3) is 0.217. The predicted molar refractivity (Wildman–Crippen MR) is 127 cm³/mol. The molecule has 1 atom stereocenters. The van der Waals surface area contributed by atoms with Gasteiger partial charge < -0.3 is 4.74 Å². The molecule has 0 bridgehead atoms. The number of carbonyl (C=O) groups excluding carboxylic acids is 1. The van der Waals surface area contributed by atoms with Crippen LogP contribution in [0.4, 0.5) is 0 Å². The zero-order valence-corrected chi connectivity index (χ0v) is 20.8. The van der Waals surface area contributed by atoms with Gasteiger partial charge in [-0.05, 0) is 69.3 Å². The number of ether oxygens (including phenoxy) is 1. The number of nitrogens with one attached hydrogen (secondary N) is 2. The van der Waals surface area contributed by atoms with Crippen LogP contribution < -0.4 is 14.9 Å². The van der Waals surface area contributed by atoms with Crippen LogP contribution in [-0.2, 0) is 24.7 Å². The van der Waals surface area contributed by atoms with Gasteiger partial charge in [0.05, 0.1) is 14.5 Å². The Morgan fingerprint density at radius 2 is 1.51 bits per heavy atom. The first-order valence-electron chi connectivity index (χ1n) is 10.3. The quantitative estimate of drug-likeness (QED) is 0.288. The third kappa shape index (κ3) is 5.68. The normalized spacial score (nSPS) is 13.1. The molecule has 3 N–H and O–H groups in total. The molecule has 3 rings (SSSR count). The number of benzene rings is 2. The molecule has 1 aromatic heterocycles. The van der Waals surface area contributed by atoms with Crippen molar-refractivity contribution in [3.05, 3.63) is 78.6 Å². The van der Waals surface area contributed by atoms with E-state index in [4.69, 9.17) is 4.74 Å². The maximum absolute atomic E-state index is 13.2. The summed E-state index contributed by atoms with van der Waals surface area (Å²) in [6.45, 7) is 4.29. The van der Waals surface area contributed by atoms with Gasteiger partial charge in [0.1, 0.15) is 17.5 Å².